The number of rotatable bonds is 3. The van der Waals surface area contributed by atoms with Crippen molar-refractivity contribution < 1.29 is 9.90 Å². The van der Waals surface area contributed by atoms with Crippen molar-refractivity contribution in [2.75, 3.05) is 0 Å². The Labute approximate surface area is 254 Å². The predicted molar refractivity (Wildman–Crippen MR) is 183 cm³/mol. The van der Waals surface area contributed by atoms with Crippen molar-refractivity contribution in [3.05, 3.63) is 158 Å². The SMILES string of the molecule is [2H]c1c([2H])c(-c2cccc3ccccc23)c([2H])c(-c2c3ccccc3c(-c3ccc4oc5ccccc5c4c3)c3ccccc23)c1[2H]. The number of hydrogen-bond donors (Lipinski definition) is 0. The van der Waals surface area contributed by atoms with E-state index in [1.807, 2.05) is 103 Å². The van der Waals surface area contributed by atoms with Crippen molar-refractivity contribution in [2.24, 2.45) is 0 Å². The molecule has 0 unspecified atom stereocenters. The summed E-state index contributed by atoms with van der Waals surface area (Å²) in [7, 11) is 0. The summed E-state index contributed by atoms with van der Waals surface area (Å²) in [6.45, 7) is 0. The van der Waals surface area contributed by atoms with Gasteiger partial charge in [0.25, 0.3) is 0 Å². The molecule has 1 aromatic heterocycles. The Morgan fingerprint density at radius 2 is 0.977 bits per heavy atom. The molecular weight excluding hydrogens is 520 g/mol. The highest BCUT2D eigenvalue weighted by molar-refractivity contribution is 6.22. The van der Waals surface area contributed by atoms with E-state index in [-0.39, 0.29) is 24.2 Å². The van der Waals surface area contributed by atoms with E-state index >= 15 is 0 Å². The van der Waals surface area contributed by atoms with Gasteiger partial charge in [0.15, 0.2) is 0 Å². The zero-order valence-corrected chi connectivity index (χ0v) is 23.1. The maximum atomic E-state index is 9.66. The summed E-state index contributed by atoms with van der Waals surface area (Å²) in [6, 6.07) is 44.1. The number of benzene rings is 8. The minimum absolute atomic E-state index is 0.0849. The van der Waals surface area contributed by atoms with Crippen molar-refractivity contribution in [1.82, 2.24) is 0 Å². The third kappa shape index (κ3) is 3.72. The molecule has 200 valence electrons. The maximum absolute atomic E-state index is 9.66. The summed E-state index contributed by atoms with van der Waals surface area (Å²) >= 11 is 0. The molecule has 0 spiro atoms. The van der Waals surface area contributed by atoms with Crippen molar-refractivity contribution in [3.8, 4) is 33.4 Å². The molecule has 0 saturated heterocycles. The van der Waals surface area contributed by atoms with E-state index in [0.29, 0.717) is 11.1 Å². The summed E-state index contributed by atoms with van der Waals surface area (Å²) < 4.78 is 43.0. The smallest absolute Gasteiger partial charge is 0.135 e. The van der Waals surface area contributed by atoms with E-state index in [4.69, 9.17) is 7.16 Å². The highest BCUT2D eigenvalue weighted by Crippen LogP contribution is 2.45. The Bertz CT molecular complexity index is 2680. The number of fused-ring (bicyclic) bond motifs is 6. The fourth-order valence-corrected chi connectivity index (χ4v) is 6.64. The van der Waals surface area contributed by atoms with E-state index in [9.17, 15) is 2.74 Å². The van der Waals surface area contributed by atoms with Crippen LogP contribution >= 0.6 is 0 Å². The van der Waals surface area contributed by atoms with E-state index in [1.54, 1.807) is 0 Å². The Hall–Kier alpha value is -5.66. The van der Waals surface area contributed by atoms with Gasteiger partial charge in [0.05, 0.1) is 5.48 Å². The molecule has 0 aliphatic heterocycles. The molecule has 1 heterocycles. The third-order valence-corrected chi connectivity index (χ3v) is 8.53. The summed E-state index contributed by atoms with van der Waals surface area (Å²) in [4.78, 5) is 0. The second kappa shape index (κ2) is 9.44. The second-order valence-corrected chi connectivity index (χ2v) is 10.9. The summed E-state index contributed by atoms with van der Waals surface area (Å²) in [5.74, 6) is 0. The van der Waals surface area contributed by atoms with Crippen LogP contribution < -0.4 is 0 Å². The number of furan rings is 1. The molecule has 8 aromatic carbocycles. The van der Waals surface area contributed by atoms with Crippen molar-refractivity contribution in [2.45, 2.75) is 0 Å². The van der Waals surface area contributed by atoms with Gasteiger partial charge in [-0.3, -0.25) is 0 Å². The summed E-state index contributed by atoms with van der Waals surface area (Å²) in [5, 5.41) is 7.76. The van der Waals surface area contributed by atoms with Gasteiger partial charge in [-0.05, 0) is 89.9 Å². The van der Waals surface area contributed by atoms with Gasteiger partial charge >= 0.3 is 0 Å². The normalized spacial score (nSPS) is 13.0. The fraction of sp³-hybridized carbons (Fsp3) is 0. The zero-order chi connectivity index (χ0) is 31.8. The van der Waals surface area contributed by atoms with E-state index in [2.05, 4.69) is 30.3 Å². The lowest BCUT2D eigenvalue weighted by Crippen LogP contribution is -1.91. The fourth-order valence-electron chi connectivity index (χ4n) is 6.64. The molecule has 0 bridgehead atoms. The molecule has 1 nitrogen and oxygen atoms in total. The highest BCUT2D eigenvalue weighted by Gasteiger charge is 2.18. The minimum Gasteiger partial charge on any atom is -0.456 e. The van der Waals surface area contributed by atoms with Gasteiger partial charge in [0.2, 0.25) is 0 Å². The van der Waals surface area contributed by atoms with Crippen LogP contribution in [0.4, 0.5) is 0 Å². The summed E-state index contributed by atoms with van der Waals surface area (Å²) in [5.41, 5.74) is 5.97. The third-order valence-electron chi connectivity index (χ3n) is 8.53. The number of hydrogen-bond acceptors (Lipinski definition) is 1. The molecule has 0 N–H and O–H groups in total. The largest absolute Gasteiger partial charge is 0.456 e. The zero-order valence-electron chi connectivity index (χ0n) is 27.1. The predicted octanol–water partition coefficient (Wildman–Crippen LogP) is 12.0. The lowest BCUT2D eigenvalue weighted by Gasteiger charge is -2.18. The Morgan fingerprint density at radius 1 is 0.419 bits per heavy atom. The monoisotopic (exact) mass is 550 g/mol. The first kappa shape index (κ1) is 20.3. The van der Waals surface area contributed by atoms with Crippen molar-refractivity contribution >= 4 is 54.3 Å². The lowest BCUT2D eigenvalue weighted by atomic mass is 9.85. The van der Waals surface area contributed by atoms with Gasteiger partial charge in [-0.15, -0.1) is 0 Å². The van der Waals surface area contributed by atoms with Crippen LogP contribution in [0, 0.1) is 0 Å². The standard InChI is InChI=1S/C42H26O/c1-2-15-31-27(11-1)12-10-21-32(31)28-13-9-14-29(25-28)41-34-17-3-5-19-36(34)42(37-20-6-4-18-35(37)41)30-23-24-40-38(26-30)33-16-7-8-22-39(33)43-40/h1-26H/i9D,13D,14D,25D. The molecule has 0 fully saturated rings. The Balaban J connectivity index is 1.40. The molecular formula is C42H26O. The molecule has 0 saturated carbocycles. The molecule has 43 heavy (non-hydrogen) atoms. The summed E-state index contributed by atoms with van der Waals surface area (Å²) in [6.07, 6.45) is 0. The number of para-hydroxylation sites is 1. The van der Waals surface area contributed by atoms with Gasteiger partial charge in [0.1, 0.15) is 11.2 Å². The van der Waals surface area contributed by atoms with Gasteiger partial charge in [-0.25, -0.2) is 0 Å². The van der Waals surface area contributed by atoms with Crippen LogP contribution in [0.15, 0.2) is 162 Å². The average Bonchev–Trinajstić information content (AvgIpc) is 3.48. The van der Waals surface area contributed by atoms with Crippen molar-refractivity contribution in [1.29, 1.82) is 0 Å². The molecule has 0 atom stereocenters. The molecule has 0 aliphatic carbocycles. The molecule has 0 amide bonds. The first-order valence-electron chi connectivity index (χ1n) is 16.4. The Morgan fingerprint density at radius 3 is 1.72 bits per heavy atom. The van der Waals surface area contributed by atoms with E-state index in [1.165, 1.54) is 0 Å². The van der Waals surface area contributed by atoms with Gasteiger partial charge in [-0.2, -0.15) is 0 Å². The minimum atomic E-state index is -0.187. The maximum Gasteiger partial charge on any atom is 0.135 e. The molecule has 1 heteroatoms. The van der Waals surface area contributed by atoms with Crippen LogP contribution in [-0.4, -0.2) is 0 Å². The van der Waals surface area contributed by atoms with Crippen LogP contribution in [-0.2, 0) is 0 Å². The van der Waals surface area contributed by atoms with E-state index < -0.39 is 0 Å². The lowest BCUT2D eigenvalue weighted by molar-refractivity contribution is 0.669. The van der Waals surface area contributed by atoms with Crippen LogP contribution in [0.25, 0.3) is 87.6 Å². The van der Waals surface area contributed by atoms with Crippen LogP contribution in [0.3, 0.4) is 0 Å². The topological polar surface area (TPSA) is 13.1 Å². The van der Waals surface area contributed by atoms with E-state index in [0.717, 1.165) is 76.5 Å². The quantitative estimate of drug-likeness (QED) is 0.199. The van der Waals surface area contributed by atoms with Crippen LogP contribution in [0.5, 0.6) is 0 Å². The average molecular weight is 551 g/mol. The van der Waals surface area contributed by atoms with Crippen molar-refractivity contribution in [3.63, 3.8) is 0 Å². The molecule has 9 aromatic rings. The first-order chi connectivity index (χ1) is 23.0. The first-order valence-corrected chi connectivity index (χ1v) is 14.4. The molecule has 0 aliphatic rings. The second-order valence-electron chi connectivity index (χ2n) is 10.9. The van der Waals surface area contributed by atoms with Gasteiger partial charge in [0, 0.05) is 10.8 Å². The Kier molecular flexibility index (Phi) is 4.45. The van der Waals surface area contributed by atoms with Gasteiger partial charge in [-0.1, -0.05) is 133 Å². The molecule has 0 radical (unpaired) electrons. The molecule has 9 rings (SSSR count). The van der Waals surface area contributed by atoms with Gasteiger partial charge < -0.3 is 4.42 Å². The van der Waals surface area contributed by atoms with Crippen LogP contribution in [0.2, 0.25) is 0 Å². The van der Waals surface area contributed by atoms with Crippen LogP contribution in [0.1, 0.15) is 5.48 Å². The highest BCUT2D eigenvalue weighted by atomic mass is 16.3.